The first-order chi connectivity index (χ1) is 8.85. The molecule has 2 aromatic heterocycles. The maximum absolute atomic E-state index is 5.82. The molecule has 0 bridgehead atoms. The molecule has 92 valence electrons. The molecular weight excluding hydrogens is 248 g/mol. The van der Waals surface area contributed by atoms with Gasteiger partial charge in [0.2, 0.25) is 0 Å². The van der Waals surface area contributed by atoms with Crippen molar-refractivity contribution in [3.63, 3.8) is 0 Å². The molecule has 0 unspecified atom stereocenters. The van der Waals surface area contributed by atoms with E-state index in [1.54, 1.807) is 6.26 Å². The number of imidazole rings is 1. The highest BCUT2D eigenvalue weighted by atomic mass is 35.5. The van der Waals surface area contributed by atoms with E-state index in [0.717, 1.165) is 41.0 Å². The number of hydrogen-bond acceptors (Lipinski definition) is 2. The van der Waals surface area contributed by atoms with Crippen LogP contribution < -0.4 is 0 Å². The average molecular weight is 261 g/mol. The summed E-state index contributed by atoms with van der Waals surface area (Å²) in [6.45, 7) is 0. The van der Waals surface area contributed by atoms with E-state index in [2.05, 4.69) is 9.97 Å². The predicted octanol–water partition coefficient (Wildman–Crippen LogP) is 3.68. The summed E-state index contributed by atoms with van der Waals surface area (Å²) in [7, 11) is 0. The van der Waals surface area contributed by atoms with Crippen molar-refractivity contribution in [3.05, 3.63) is 53.7 Å². The minimum absolute atomic E-state index is 0.524. The largest absolute Gasteiger partial charge is 0.469 e. The van der Waals surface area contributed by atoms with Crippen LogP contribution in [-0.4, -0.2) is 9.97 Å². The van der Waals surface area contributed by atoms with Crippen LogP contribution in [0.25, 0.3) is 11.0 Å². The van der Waals surface area contributed by atoms with Crippen molar-refractivity contribution in [1.82, 2.24) is 9.97 Å². The van der Waals surface area contributed by atoms with Gasteiger partial charge in [0.25, 0.3) is 0 Å². The number of nitrogens with one attached hydrogen (secondary N) is 1. The van der Waals surface area contributed by atoms with Crippen LogP contribution >= 0.6 is 11.6 Å². The van der Waals surface area contributed by atoms with Crippen molar-refractivity contribution in [2.45, 2.75) is 18.7 Å². The number of halogens is 1. The third-order valence-electron chi connectivity index (χ3n) is 2.94. The molecule has 3 nitrogen and oxygen atoms in total. The van der Waals surface area contributed by atoms with Gasteiger partial charge in [0, 0.05) is 18.7 Å². The number of nitrogens with zero attached hydrogens (tertiary/aromatic N) is 1. The van der Waals surface area contributed by atoms with Gasteiger partial charge in [-0.1, -0.05) is 6.07 Å². The number of rotatable bonds is 4. The highest BCUT2D eigenvalue weighted by molar-refractivity contribution is 6.17. The van der Waals surface area contributed by atoms with E-state index in [1.807, 2.05) is 30.3 Å². The maximum Gasteiger partial charge on any atom is 0.107 e. The Kier molecular flexibility index (Phi) is 3.07. The molecule has 0 atom stereocenters. The second-order valence-corrected chi connectivity index (χ2v) is 4.52. The average Bonchev–Trinajstić information content (AvgIpc) is 3.04. The Balaban J connectivity index is 1.80. The molecule has 0 saturated carbocycles. The monoisotopic (exact) mass is 260 g/mol. The molecule has 0 aliphatic heterocycles. The van der Waals surface area contributed by atoms with Crippen LogP contribution in [0.5, 0.6) is 0 Å². The molecule has 0 amide bonds. The topological polar surface area (TPSA) is 41.8 Å². The van der Waals surface area contributed by atoms with E-state index in [4.69, 9.17) is 16.0 Å². The van der Waals surface area contributed by atoms with Gasteiger partial charge in [-0.05, 0) is 29.8 Å². The fraction of sp³-hybridized carbons (Fsp3) is 0.214. The van der Waals surface area contributed by atoms with E-state index in [0.29, 0.717) is 5.88 Å². The summed E-state index contributed by atoms with van der Waals surface area (Å²) in [6.07, 6.45) is 3.40. The van der Waals surface area contributed by atoms with E-state index < -0.39 is 0 Å². The number of aromatic amines is 1. The van der Waals surface area contributed by atoms with Crippen LogP contribution in [0.1, 0.15) is 17.1 Å². The normalized spacial score (nSPS) is 11.2. The van der Waals surface area contributed by atoms with Crippen LogP contribution in [-0.2, 0) is 18.7 Å². The fourth-order valence-electron chi connectivity index (χ4n) is 2.01. The van der Waals surface area contributed by atoms with Gasteiger partial charge in [0.1, 0.15) is 11.6 Å². The molecule has 0 saturated heterocycles. The predicted molar refractivity (Wildman–Crippen MR) is 71.8 cm³/mol. The van der Waals surface area contributed by atoms with Crippen molar-refractivity contribution in [3.8, 4) is 0 Å². The molecule has 0 aliphatic rings. The Morgan fingerprint density at radius 1 is 1.22 bits per heavy atom. The van der Waals surface area contributed by atoms with Gasteiger partial charge >= 0.3 is 0 Å². The molecule has 0 spiro atoms. The lowest BCUT2D eigenvalue weighted by atomic mass is 10.2. The van der Waals surface area contributed by atoms with E-state index in [-0.39, 0.29) is 0 Å². The second kappa shape index (κ2) is 4.86. The molecule has 2 heterocycles. The van der Waals surface area contributed by atoms with E-state index >= 15 is 0 Å². The summed E-state index contributed by atoms with van der Waals surface area (Å²) in [5.41, 5.74) is 3.13. The third-order valence-corrected chi connectivity index (χ3v) is 3.25. The molecule has 1 N–H and O–H groups in total. The summed E-state index contributed by atoms with van der Waals surface area (Å²) >= 11 is 5.82. The molecule has 3 rings (SSSR count). The first-order valence-electron chi connectivity index (χ1n) is 5.91. The van der Waals surface area contributed by atoms with Crippen molar-refractivity contribution in [2.24, 2.45) is 0 Å². The lowest BCUT2D eigenvalue weighted by Crippen LogP contribution is -1.91. The van der Waals surface area contributed by atoms with Crippen LogP contribution in [0.3, 0.4) is 0 Å². The van der Waals surface area contributed by atoms with Crippen LogP contribution in [0.2, 0.25) is 0 Å². The number of furan rings is 1. The Morgan fingerprint density at radius 2 is 2.17 bits per heavy atom. The Morgan fingerprint density at radius 3 is 2.94 bits per heavy atom. The fourth-order valence-corrected chi connectivity index (χ4v) is 2.17. The molecule has 1 aromatic carbocycles. The highest BCUT2D eigenvalue weighted by Gasteiger charge is 2.05. The standard InChI is InChI=1S/C14H13ClN2O/c15-9-10-3-5-12-13(8-10)17-14(16-12)6-4-11-2-1-7-18-11/h1-3,5,7-8H,4,6,9H2,(H,16,17). The van der Waals surface area contributed by atoms with Gasteiger partial charge in [0.05, 0.1) is 17.3 Å². The number of aryl methyl sites for hydroxylation is 2. The van der Waals surface area contributed by atoms with Gasteiger partial charge in [-0.25, -0.2) is 4.98 Å². The highest BCUT2D eigenvalue weighted by Crippen LogP contribution is 2.16. The van der Waals surface area contributed by atoms with Gasteiger partial charge < -0.3 is 9.40 Å². The van der Waals surface area contributed by atoms with E-state index in [9.17, 15) is 0 Å². The van der Waals surface area contributed by atoms with Gasteiger partial charge in [0.15, 0.2) is 0 Å². The first kappa shape index (κ1) is 11.4. The van der Waals surface area contributed by atoms with Crippen LogP contribution in [0.4, 0.5) is 0 Å². The zero-order valence-corrected chi connectivity index (χ0v) is 10.6. The van der Waals surface area contributed by atoms with Crippen molar-refractivity contribution < 1.29 is 4.42 Å². The molecule has 3 aromatic rings. The molecule has 0 aliphatic carbocycles. The summed E-state index contributed by atoms with van der Waals surface area (Å²) in [6, 6.07) is 9.94. The lowest BCUT2D eigenvalue weighted by molar-refractivity contribution is 0.507. The number of fused-ring (bicyclic) bond motifs is 1. The Hall–Kier alpha value is -1.74. The second-order valence-electron chi connectivity index (χ2n) is 4.25. The van der Waals surface area contributed by atoms with Gasteiger partial charge in [-0.3, -0.25) is 0 Å². The van der Waals surface area contributed by atoms with Gasteiger partial charge in [-0.15, -0.1) is 11.6 Å². The number of alkyl halides is 1. The number of hydrogen-bond donors (Lipinski definition) is 1. The first-order valence-corrected chi connectivity index (χ1v) is 6.44. The summed E-state index contributed by atoms with van der Waals surface area (Å²) < 4.78 is 5.31. The number of aromatic nitrogens is 2. The molecule has 0 fully saturated rings. The lowest BCUT2D eigenvalue weighted by Gasteiger charge is -1.93. The third kappa shape index (κ3) is 2.27. The van der Waals surface area contributed by atoms with E-state index in [1.165, 1.54) is 0 Å². The van der Waals surface area contributed by atoms with Crippen molar-refractivity contribution >= 4 is 22.6 Å². The molecule has 0 radical (unpaired) electrons. The van der Waals surface area contributed by atoms with Gasteiger partial charge in [-0.2, -0.15) is 0 Å². The zero-order chi connectivity index (χ0) is 12.4. The number of benzene rings is 1. The zero-order valence-electron chi connectivity index (χ0n) is 9.82. The van der Waals surface area contributed by atoms with Crippen LogP contribution in [0, 0.1) is 0 Å². The molecule has 18 heavy (non-hydrogen) atoms. The minimum Gasteiger partial charge on any atom is -0.469 e. The molecule has 4 heteroatoms. The van der Waals surface area contributed by atoms with Crippen molar-refractivity contribution in [2.75, 3.05) is 0 Å². The Labute approximate surface area is 110 Å². The summed E-state index contributed by atoms with van der Waals surface area (Å²) in [5.74, 6) is 2.49. The van der Waals surface area contributed by atoms with Crippen molar-refractivity contribution in [1.29, 1.82) is 0 Å². The summed E-state index contributed by atoms with van der Waals surface area (Å²) in [5, 5.41) is 0. The van der Waals surface area contributed by atoms with Crippen LogP contribution in [0.15, 0.2) is 41.0 Å². The maximum atomic E-state index is 5.82. The Bertz CT molecular complexity index is 643. The SMILES string of the molecule is ClCc1ccc2nc(CCc3ccco3)[nH]c2c1. The summed E-state index contributed by atoms with van der Waals surface area (Å²) in [4.78, 5) is 7.87. The quantitative estimate of drug-likeness (QED) is 0.727. The smallest absolute Gasteiger partial charge is 0.107 e. The number of H-pyrrole nitrogens is 1. The molecular formula is C14H13ClN2O. The minimum atomic E-state index is 0.524.